The normalized spacial score (nSPS) is 10.6. The summed E-state index contributed by atoms with van der Waals surface area (Å²) in [6.45, 7) is 1.93. The van der Waals surface area contributed by atoms with Crippen LogP contribution in [0.15, 0.2) is 18.3 Å². The quantitative estimate of drug-likeness (QED) is 0.584. The summed E-state index contributed by atoms with van der Waals surface area (Å²) in [5, 5.41) is 9.64. The minimum atomic E-state index is -0.587. The standard InChI is InChI=1S/C10H11N3O3/c1-2-16-10(14)7-8-6(4-3-5-12-8)13(15)9(7)11/h3-5,15H,2,11H2,1H3. The highest BCUT2D eigenvalue weighted by Crippen LogP contribution is 2.25. The van der Waals surface area contributed by atoms with Crippen LogP contribution >= 0.6 is 0 Å². The second kappa shape index (κ2) is 3.73. The van der Waals surface area contributed by atoms with Crippen molar-refractivity contribution < 1.29 is 14.7 Å². The molecular weight excluding hydrogens is 210 g/mol. The third kappa shape index (κ3) is 1.35. The van der Waals surface area contributed by atoms with Crippen LogP contribution in [0.4, 0.5) is 5.82 Å². The summed E-state index contributed by atoms with van der Waals surface area (Å²) in [6, 6.07) is 3.25. The zero-order valence-corrected chi connectivity index (χ0v) is 8.67. The molecule has 0 saturated heterocycles. The Morgan fingerprint density at radius 2 is 2.44 bits per heavy atom. The van der Waals surface area contributed by atoms with Crippen molar-refractivity contribution in [2.45, 2.75) is 6.92 Å². The lowest BCUT2D eigenvalue weighted by Crippen LogP contribution is -2.08. The van der Waals surface area contributed by atoms with E-state index in [2.05, 4.69) is 4.98 Å². The van der Waals surface area contributed by atoms with Gasteiger partial charge in [-0.2, -0.15) is 4.73 Å². The van der Waals surface area contributed by atoms with Crippen LogP contribution in [0.25, 0.3) is 11.0 Å². The molecule has 0 amide bonds. The number of carbonyl (C=O) groups excluding carboxylic acids is 1. The highest BCUT2D eigenvalue weighted by atomic mass is 16.5. The molecule has 0 aliphatic carbocycles. The lowest BCUT2D eigenvalue weighted by atomic mass is 10.2. The molecule has 6 nitrogen and oxygen atoms in total. The van der Waals surface area contributed by atoms with Gasteiger partial charge in [0.05, 0.1) is 6.61 Å². The largest absolute Gasteiger partial charge is 0.462 e. The first kappa shape index (κ1) is 10.3. The molecule has 0 radical (unpaired) electrons. The molecule has 3 N–H and O–H groups in total. The number of rotatable bonds is 2. The summed E-state index contributed by atoms with van der Waals surface area (Å²) >= 11 is 0. The predicted molar refractivity (Wildman–Crippen MR) is 57.3 cm³/mol. The van der Waals surface area contributed by atoms with E-state index < -0.39 is 5.97 Å². The molecular formula is C10H11N3O3. The Bertz CT molecular complexity index is 547. The Hall–Kier alpha value is -2.24. The maximum absolute atomic E-state index is 11.6. The Morgan fingerprint density at radius 3 is 3.12 bits per heavy atom. The number of pyridine rings is 1. The van der Waals surface area contributed by atoms with Crippen molar-refractivity contribution >= 4 is 22.8 Å². The molecule has 0 spiro atoms. The van der Waals surface area contributed by atoms with Crippen molar-refractivity contribution in [3.63, 3.8) is 0 Å². The van der Waals surface area contributed by atoms with Crippen LogP contribution in [0, 0.1) is 0 Å². The molecule has 0 fully saturated rings. The fourth-order valence-corrected chi connectivity index (χ4v) is 1.52. The molecule has 0 aliphatic heterocycles. The number of nitrogen functional groups attached to an aromatic ring is 1. The zero-order valence-electron chi connectivity index (χ0n) is 8.67. The fourth-order valence-electron chi connectivity index (χ4n) is 1.52. The van der Waals surface area contributed by atoms with Gasteiger partial charge in [0.2, 0.25) is 0 Å². The minimum absolute atomic E-state index is 0.0628. The zero-order chi connectivity index (χ0) is 11.7. The van der Waals surface area contributed by atoms with Gasteiger partial charge in [-0.1, -0.05) is 0 Å². The van der Waals surface area contributed by atoms with E-state index >= 15 is 0 Å². The topological polar surface area (TPSA) is 90.4 Å². The summed E-state index contributed by atoms with van der Waals surface area (Å²) in [6.07, 6.45) is 1.52. The summed E-state index contributed by atoms with van der Waals surface area (Å²) in [5.41, 5.74) is 6.43. The molecule has 16 heavy (non-hydrogen) atoms. The molecule has 0 bridgehead atoms. The van der Waals surface area contributed by atoms with Crippen LogP contribution in [0.3, 0.4) is 0 Å². The number of aromatic nitrogens is 2. The number of fused-ring (bicyclic) bond motifs is 1. The monoisotopic (exact) mass is 221 g/mol. The van der Waals surface area contributed by atoms with Gasteiger partial charge >= 0.3 is 5.97 Å². The van der Waals surface area contributed by atoms with E-state index in [1.807, 2.05) is 0 Å². The molecule has 0 unspecified atom stereocenters. The second-order valence-corrected chi connectivity index (χ2v) is 3.16. The number of ether oxygens (including phenoxy) is 1. The van der Waals surface area contributed by atoms with Crippen LogP contribution in [-0.4, -0.2) is 27.5 Å². The van der Waals surface area contributed by atoms with E-state index in [1.54, 1.807) is 19.1 Å². The van der Waals surface area contributed by atoms with E-state index in [1.165, 1.54) is 6.20 Å². The van der Waals surface area contributed by atoms with Crippen LogP contribution in [0.2, 0.25) is 0 Å². The Balaban J connectivity index is 2.68. The summed E-state index contributed by atoms with van der Waals surface area (Å²) in [5.74, 6) is -0.649. The lowest BCUT2D eigenvalue weighted by molar-refractivity contribution is 0.0528. The van der Waals surface area contributed by atoms with Crippen LogP contribution in [0.1, 0.15) is 17.3 Å². The average Bonchev–Trinajstić information content (AvgIpc) is 2.53. The van der Waals surface area contributed by atoms with E-state index in [4.69, 9.17) is 10.5 Å². The van der Waals surface area contributed by atoms with Crippen molar-refractivity contribution in [3.05, 3.63) is 23.9 Å². The van der Waals surface area contributed by atoms with Gasteiger partial charge < -0.3 is 15.7 Å². The molecule has 2 aromatic rings. The van der Waals surface area contributed by atoms with Gasteiger partial charge in [0.25, 0.3) is 0 Å². The number of anilines is 1. The first-order valence-electron chi connectivity index (χ1n) is 4.78. The fraction of sp³-hybridized carbons (Fsp3) is 0.200. The van der Waals surface area contributed by atoms with Gasteiger partial charge in [-0.05, 0) is 19.1 Å². The van der Waals surface area contributed by atoms with Crippen LogP contribution in [-0.2, 0) is 4.74 Å². The Kier molecular flexibility index (Phi) is 2.40. The van der Waals surface area contributed by atoms with Gasteiger partial charge in [-0.25, -0.2) is 4.79 Å². The van der Waals surface area contributed by atoms with Crippen molar-refractivity contribution in [2.24, 2.45) is 0 Å². The van der Waals surface area contributed by atoms with E-state index in [9.17, 15) is 10.0 Å². The molecule has 2 heterocycles. The number of nitrogens with two attached hydrogens (primary N) is 1. The van der Waals surface area contributed by atoms with Gasteiger partial charge in [0.15, 0.2) is 5.82 Å². The molecule has 6 heteroatoms. The van der Waals surface area contributed by atoms with E-state index in [-0.39, 0.29) is 18.0 Å². The number of nitrogens with zero attached hydrogens (tertiary/aromatic N) is 2. The third-order valence-corrected chi connectivity index (χ3v) is 2.22. The first-order valence-corrected chi connectivity index (χ1v) is 4.78. The molecule has 2 aromatic heterocycles. The molecule has 0 atom stereocenters. The highest BCUT2D eigenvalue weighted by molar-refractivity contribution is 6.07. The maximum Gasteiger partial charge on any atom is 0.344 e. The molecule has 0 aromatic carbocycles. The summed E-state index contributed by atoms with van der Waals surface area (Å²) in [7, 11) is 0. The predicted octanol–water partition coefficient (Wildman–Crippen LogP) is 1.03. The van der Waals surface area contributed by atoms with Crippen LogP contribution < -0.4 is 5.73 Å². The van der Waals surface area contributed by atoms with Gasteiger partial charge in [0, 0.05) is 6.20 Å². The highest BCUT2D eigenvalue weighted by Gasteiger charge is 2.22. The summed E-state index contributed by atoms with van der Waals surface area (Å²) < 4.78 is 5.58. The average molecular weight is 221 g/mol. The minimum Gasteiger partial charge on any atom is -0.462 e. The van der Waals surface area contributed by atoms with E-state index in [0.29, 0.717) is 11.0 Å². The van der Waals surface area contributed by atoms with Crippen LogP contribution in [0.5, 0.6) is 0 Å². The molecule has 2 rings (SSSR count). The first-order chi connectivity index (χ1) is 7.66. The number of esters is 1. The lowest BCUT2D eigenvalue weighted by Gasteiger charge is -2.00. The Labute approximate surface area is 91.2 Å². The van der Waals surface area contributed by atoms with Crippen molar-refractivity contribution in [3.8, 4) is 0 Å². The van der Waals surface area contributed by atoms with E-state index in [0.717, 1.165) is 4.73 Å². The van der Waals surface area contributed by atoms with Gasteiger partial charge in [0.1, 0.15) is 16.6 Å². The SMILES string of the molecule is CCOC(=O)c1c(N)n(O)c2cccnc12. The second-order valence-electron chi connectivity index (χ2n) is 3.16. The van der Waals surface area contributed by atoms with Gasteiger partial charge in [-0.15, -0.1) is 0 Å². The number of hydrogen-bond acceptors (Lipinski definition) is 5. The molecule has 84 valence electrons. The van der Waals surface area contributed by atoms with Crippen molar-refractivity contribution in [1.29, 1.82) is 0 Å². The maximum atomic E-state index is 11.6. The Morgan fingerprint density at radius 1 is 1.69 bits per heavy atom. The van der Waals surface area contributed by atoms with Crippen molar-refractivity contribution in [2.75, 3.05) is 12.3 Å². The van der Waals surface area contributed by atoms with Gasteiger partial charge in [-0.3, -0.25) is 4.98 Å². The molecule has 0 aliphatic rings. The third-order valence-electron chi connectivity index (χ3n) is 2.22. The summed E-state index contributed by atoms with van der Waals surface area (Å²) in [4.78, 5) is 15.6. The number of hydrogen-bond donors (Lipinski definition) is 2. The molecule has 0 saturated carbocycles. The smallest absolute Gasteiger partial charge is 0.344 e. The van der Waals surface area contributed by atoms with Crippen molar-refractivity contribution in [1.82, 2.24) is 9.71 Å². The number of carbonyl (C=O) groups is 1.